The van der Waals surface area contributed by atoms with E-state index in [0.717, 1.165) is 27.6 Å². The maximum Gasteiger partial charge on any atom is 0.191 e. The Morgan fingerprint density at radius 1 is 1.44 bits per heavy atom. The maximum atomic E-state index is 6.16. The average Bonchev–Trinajstić information content (AvgIpc) is 2.27. The van der Waals surface area contributed by atoms with Crippen LogP contribution in [0.1, 0.15) is 26.3 Å². The lowest BCUT2D eigenvalue weighted by atomic mass is 10.2. The van der Waals surface area contributed by atoms with E-state index in [2.05, 4.69) is 45.4 Å². The van der Waals surface area contributed by atoms with Crippen LogP contribution in [0.4, 0.5) is 0 Å². The molecule has 0 heterocycles. The molecule has 2 N–H and O–H groups in total. The van der Waals surface area contributed by atoms with E-state index in [4.69, 9.17) is 11.6 Å². The van der Waals surface area contributed by atoms with Crippen molar-refractivity contribution in [1.29, 1.82) is 0 Å². The molecular formula is C13H19BrClN3. The number of hydrogen-bond acceptors (Lipinski definition) is 1. The lowest BCUT2D eigenvalue weighted by Gasteiger charge is -2.14. The zero-order chi connectivity index (χ0) is 13.5. The minimum Gasteiger partial charge on any atom is -0.357 e. The molecule has 0 aliphatic rings. The second kappa shape index (κ2) is 7.64. The Hall–Kier alpha value is -0.740. The second-order valence-electron chi connectivity index (χ2n) is 4.23. The smallest absolute Gasteiger partial charge is 0.191 e. The van der Waals surface area contributed by atoms with Crippen LogP contribution in [-0.2, 0) is 6.54 Å². The number of nitrogens with zero attached hydrogens (tertiary/aromatic N) is 1. The molecule has 0 unspecified atom stereocenters. The standard InChI is InChI=1S/C13H19BrClN3/c1-4-16-13(18-9(2)3)17-8-10-5-6-11(14)7-12(10)15/h5-7,9H,4,8H2,1-3H3,(H2,16,17,18). The predicted molar refractivity (Wildman–Crippen MR) is 82.2 cm³/mol. The molecule has 0 spiro atoms. The van der Waals surface area contributed by atoms with Crippen molar-refractivity contribution in [2.45, 2.75) is 33.4 Å². The zero-order valence-corrected chi connectivity index (χ0v) is 13.3. The molecule has 3 nitrogen and oxygen atoms in total. The molecule has 100 valence electrons. The van der Waals surface area contributed by atoms with E-state index in [-0.39, 0.29) is 0 Å². The summed E-state index contributed by atoms with van der Waals surface area (Å²) in [5.74, 6) is 0.812. The van der Waals surface area contributed by atoms with Crippen molar-refractivity contribution in [3.8, 4) is 0 Å². The van der Waals surface area contributed by atoms with Crippen molar-refractivity contribution in [2.75, 3.05) is 6.54 Å². The molecule has 0 aliphatic heterocycles. The Bertz CT molecular complexity index is 419. The molecule has 0 atom stereocenters. The number of halogens is 2. The monoisotopic (exact) mass is 331 g/mol. The molecule has 0 aliphatic carbocycles. The van der Waals surface area contributed by atoms with Crippen molar-refractivity contribution in [1.82, 2.24) is 10.6 Å². The molecule has 0 saturated carbocycles. The Kier molecular flexibility index (Phi) is 6.50. The third-order valence-electron chi connectivity index (χ3n) is 2.19. The van der Waals surface area contributed by atoms with Crippen molar-refractivity contribution in [2.24, 2.45) is 4.99 Å². The highest BCUT2D eigenvalue weighted by Gasteiger charge is 2.02. The second-order valence-corrected chi connectivity index (χ2v) is 5.55. The van der Waals surface area contributed by atoms with Gasteiger partial charge < -0.3 is 10.6 Å². The van der Waals surface area contributed by atoms with Crippen LogP contribution in [0.3, 0.4) is 0 Å². The summed E-state index contributed by atoms with van der Waals surface area (Å²) >= 11 is 9.54. The SMILES string of the molecule is CCNC(=NCc1ccc(Br)cc1Cl)NC(C)C. The first-order valence-corrected chi connectivity index (χ1v) is 7.18. The quantitative estimate of drug-likeness (QED) is 0.653. The van der Waals surface area contributed by atoms with Crippen molar-refractivity contribution < 1.29 is 0 Å². The number of hydrogen-bond donors (Lipinski definition) is 2. The number of nitrogens with one attached hydrogen (secondary N) is 2. The van der Waals surface area contributed by atoms with Crippen molar-refractivity contribution in [3.05, 3.63) is 33.3 Å². The maximum absolute atomic E-state index is 6.16. The topological polar surface area (TPSA) is 36.4 Å². The van der Waals surface area contributed by atoms with Gasteiger partial charge in [0.25, 0.3) is 0 Å². The first kappa shape index (κ1) is 15.3. The van der Waals surface area contributed by atoms with Gasteiger partial charge in [-0.05, 0) is 38.5 Å². The van der Waals surface area contributed by atoms with E-state index in [1.165, 1.54) is 0 Å². The van der Waals surface area contributed by atoms with Gasteiger partial charge in [-0.15, -0.1) is 0 Å². The lowest BCUT2D eigenvalue weighted by Crippen LogP contribution is -2.41. The van der Waals surface area contributed by atoms with Crippen molar-refractivity contribution in [3.63, 3.8) is 0 Å². The van der Waals surface area contributed by atoms with Crippen LogP contribution in [0.2, 0.25) is 5.02 Å². The normalized spacial score (nSPS) is 11.8. The summed E-state index contributed by atoms with van der Waals surface area (Å²) in [6, 6.07) is 6.19. The fourth-order valence-corrected chi connectivity index (χ4v) is 2.14. The molecule has 5 heteroatoms. The summed E-state index contributed by atoms with van der Waals surface area (Å²) in [5, 5.41) is 7.20. The molecule has 1 rings (SSSR count). The molecule has 0 bridgehead atoms. The van der Waals surface area contributed by atoms with Crippen LogP contribution in [-0.4, -0.2) is 18.5 Å². The molecule has 0 saturated heterocycles. The molecule has 18 heavy (non-hydrogen) atoms. The van der Waals surface area contributed by atoms with Gasteiger partial charge in [0.1, 0.15) is 0 Å². The zero-order valence-electron chi connectivity index (χ0n) is 10.9. The van der Waals surface area contributed by atoms with E-state index in [1.807, 2.05) is 25.1 Å². The number of aliphatic imine (C=N–C) groups is 1. The first-order valence-electron chi connectivity index (χ1n) is 6.01. The number of benzene rings is 1. The molecule has 0 fully saturated rings. The van der Waals surface area contributed by atoms with E-state index in [0.29, 0.717) is 12.6 Å². The Labute approximate surface area is 122 Å². The van der Waals surface area contributed by atoms with Crippen LogP contribution in [0.5, 0.6) is 0 Å². The Morgan fingerprint density at radius 3 is 2.72 bits per heavy atom. The third-order valence-corrected chi connectivity index (χ3v) is 3.04. The van der Waals surface area contributed by atoms with Gasteiger partial charge in [0.15, 0.2) is 5.96 Å². The predicted octanol–water partition coefficient (Wildman–Crippen LogP) is 3.57. The van der Waals surface area contributed by atoms with E-state index in [9.17, 15) is 0 Å². The fourth-order valence-electron chi connectivity index (χ4n) is 1.41. The molecule has 0 amide bonds. The van der Waals surface area contributed by atoms with Crippen LogP contribution >= 0.6 is 27.5 Å². The number of guanidine groups is 1. The molecule has 1 aromatic rings. The van der Waals surface area contributed by atoms with Gasteiger partial charge in [-0.3, -0.25) is 0 Å². The summed E-state index contributed by atoms with van der Waals surface area (Å²) in [4.78, 5) is 4.51. The van der Waals surface area contributed by atoms with Crippen molar-refractivity contribution >= 4 is 33.5 Å². The van der Waals surface area contributed by atoms with Crippen LogP contribution in [0.15, 0.2) is 27.7 Å². The van der Waals surface area contributed by atoms with Gasteiger partial charge in [0.05, 0.1) is 6.54 Å². The van der Waals surface area contributed by atoms with Gasteiger partial charge in [-0.1, -0.05) is 33.6 Å². The van der Waals surface area contributed by atoms with E-state index >= 15 is 0 Å². The number of rotatable bonds is 4. The fraction of sp³-hybridized carbons (Fsp3) is 0.462. The van der Waals surface area contributed by atoms with Gasteiger partial charge in [-0.25, -0.2) is 4.99 Å². The summed E-state index contributed by atoms with van der Waals surface area (Å²) in [7, 11) is 0. The molecule has 1 aromatic carbocycles. The van der Waals surface area contributed by atoms with E-state index < -0.39 is 0 Å². The third kappa shape index (κ3) is 5.27. The Balaban J connectivity index is 2.74. The van der Waals surface area contributed by atoms with Gasteiger partial charge in [0, 0.05) is 22.1 Å². The molecule has 0 radical (unpaired) electrons. The van der Waals surface area contributed by atoms with Crippen LogP contribution < -0.4 is 10.6 Å². The largest absolute Gasteiger partial charge is 0.357 e. The van der Waals surface area contributed by atoms with Crippen LogP contribution in [0.25, 0.3) is 0 Å². The molecular weight excluding hydrogens is 314 g/mol. The van der Waals surface area contributed by atoms with Gasteiger partial charge in [0.2, 0.25) is 0 Å². The molecule has 0 aromatic heterocycles. The minimum atomic E-state index is 0.350. The Morgan fingerprint density at radius 2 is 2.17 bits per heavy atom. The lowest BCUT2D eigenvalue weighted by molar-refractivity contribution is 0.700. The summed E-state index contributed by atoms with van der Waals surface area (Å²) < 4.78 is 0.979. The first-order chi connectivity index (χ1) is 8.52. The minimum absolute atomic E-state index is 0.350. The highest BCUT2D eigenvalue weighted by Crippen LogP contribution is 2.21. The summed E-state index contributed by atoms with van der Waals surface area (Å²) in [6.45, 7) is 7.61. The average molecular weight is 333 g/mol. The van der Waals surface area contributed by atoms with Gasteiger partial charge >= 0.3 is 0 Å². The highest BCUT2D eigenvalue weighted by atomic mass is 79.9. The van der Waals surface area contributed by atoms with E-state index in [1.54, 1.807) is 0 Å². The van der Waals surface area contributed by atoms with Gasteiger partial charge in [-0.2, -0.15) is 0 Å². The van der Waals surface area contributed by atoms with Crippen LogP contribution in [0, 0.1) is 0 Å². The highest BCUT2D eigenvalue weighted by molar-refractivity contribution is 9.10. The summed E-state index contributed by atoms with van der Waals surface area (Å²) in [6.07, 6.45) is 0. The summed E-state index contributed by atoms with van der Waals surface area (Å²) in [5.41, 5.74) is 1.01.